The fourth-order valence-corrected chi connectivity index (χ4v) is 2.60. The molecule has 0 fully saturated rings. The fourth-order valence-electron chi connectivity index (χ4n) is 2.47. The standard InChI is InChI=1S/C20H15ClFN3O3/c21-15-8-5-13(6-9-15)11-25-12-14(7-10-18(25)26)19(27)23-24-20(28)16-3-1-2-4-17(16)22/h1-10,12H,11H2,(H,23,27)(H,24,28). The summed E-state index contributed by atoms with van der Waals surface area (Å²) in [5.74, 6) is -2.14. The van der Waals surface area contributed by atoms with E-state index in [0.717, 1.165) is 11.6 Å². The Morgan fingerprint density at radius 1 is 0.929 bits per heavy atom. The Labute approximate surface area is 164 Å². The molecule has 3 aromatic rings. The zero-order valence-corrected chi connectivity index (χ0v) is 15.2. The molecule has 6 nitrogen and oxygen atoms in total. The number of amides is 2. The third-order valence-electron chi connectivity index (χ3n) is 3.92. The molecule has 1 aromatic heterocycles. The summed E-state index contributed by atoms with van der Waals surface area (Å²) in [4.78, 5) is 36.3. The van der Waals surface area contributed by atoms with Crippen LogP contribution in [0.5, 0.6) is 0 Å². The van der Waals surface area contributed by atoms with Gasteiger partial charge in [-0.3, -0.25) is 25.2 Å². The van der Waals surface area contributed by atoms with Gasteiger partial charge in [0.05, 0.1) is 17.7 Å². The lowest BCUT2D eigenvalue weighted by Gasteiger charge is -2.10. The number of aromatic nitrogens is 1. The molecule has 0 saturated heterocycles. The minimum absolute atomic E-state index is 0.155. The molecule has 8 heteroatoms. The molecule has 0 aliphatic rings. The number of benzene rings is 2. The van der Waals surface area contributed by atoms with Crippen LogP contribution >= 0.6 is 11.6 Å². The summed E-state index contributed by atoms with van der Waals surface area (Å²) in [6, 6.07) is 14.9. The predicted molar refractivity (Wildman–Crippen MR) is 103 cm³/mol. The molecule has 0 atom stereocenters. The lowest BCUT2D eigenvalue weighted by atomic mass is 10.2. The summed E-state index contributed by atoms with van der Waals surface area (Å²) in [6.07, 6.45) is 1.38. The molecule has 0 aliphatic carbocycles. The number of hydrogen-bond donors (Lipinski definition) is 2. The first kappa shape index (κ1) is 19.3. The van der Waals surface area contributed by atoms with Gasteiger partial charge in [0.25, 0.3) is 17.4 Å². The van der Waals surface area contributed by atoms with E-state index >= 15 is 0 Å². The fraction of sp³-hybridized carbons (Fsp3) is 0.0500. The molecule has 28 heavy (non-hydrogen) atoms. The van der Waals surface area contributed by atoms with Gasteiger partial charge in [0.2, 0.25) is 0 Å². The Bertz CT molecular complexity index is 1080. The van der Waals surface area contributed by atoms with Crippen molar-refractivity contribution < 1.29 is 14.0 Å². The van der Waals surface area contributed by atoms with Crippen LogP contribution in [0.1, 0.15) is 26.3 Å². The lowest BCUT2D eigenvalue weighted by Crippen LogP contribution is -2.42. The van der Waals surface area contributed by atoms with E-state index in [9.17, 15) is 18.8 Å². The Balaban J connectivity index is 1.70. The van der Waals surface area contributed by atoms with Crippen LogP contribution in [0, 0.1) is 5.82 Å². The maximum Gasteiger partial charge on any atom is 0.272 e. The van der Waals surface area contributed by atoms with Gasteiger partial charge in [-0.15, -0.1) is 0 Å². The van der Waals surface area contributed by atoms with Gasteiger partial charge in [0.15, 0.2) is 0 Å². The molecule has 0 bridgehead atoms. The Kier molecular flexibility index (Phi) is 5.86. The van der Waals surface area contributed by atoms with Crippen molar-refractivity contribution in [2.24, 2.45) is 0 Å². The number of hydrazine groups is 1. The van der Waals surface area contributed by atoms with E-state index in [1.54, 1.807) is 24.3 Å². The number of halogens is 2. The highest BCUT2D eigenvalue weighted by Crippen LogP contribution is 2.10. The van der Waals surface area contributed by atoms with E-state index in [2.05, 4.69) is 10.9 Å². The second kappa shape index (κ2) is 8.49. The van der Waals surface area contributed by atoms with Crippen LogP contribution in [-0.4, -0.2) is 16.4 Å². The van der Waals surface area contributed by atoms with E-state index < -0.39 is 17.6 Å². The quantitative estimate of drug-likeness (QED) is 0.662. The monoisotopic (exact) mass is 399 g/mol. The number of pyridine rings is 1. The summed E-state index contributed by atoms with van der Waals surface area (Å²) in [6.45, 7) is 0.249. The third-order valence-corrected chi connectivity index (χ3v) is 4.17. The maximum absolute atomic E-state index is 13.6. The van der Waals surface area contributed by atoms with Crippen LogP contribution in [0.2, 0.25) is 5.02 Å². The zero-order chi connectivity index (χ0) is 20.1. The van der Waals surface area contributed by atoms with Gasteiger partial charge in [0, 0.05) is 17.3 Å². The summed E-state index contributed by atoms with van der Waals surface area (Å²) in [5.41, 5.74) is 4.85. The van der Waals surface area contributed by atoms with Crippen molar-refractivity contribution in [2.75, 3.05) is 0 Å². The molecule has 142 valence electrons. The molecule has 3 rings (SSSR count). The van der Waals surface area contributed by atoms with Crippen molar-refractivity contribution in [2.45, 2.75) is 6.54 Å². The minimum Gasteiger partial charge on any atom is -0.310 e. The first-order valence-electron chi connectivity index (χ1n) is 8.24. The highest BCUT2D eigenvalue weighted by Gasteiger charge is 2.13. The average molecular weight is 400 g/mol. The molecule has 2 N–H and O–H groups in total. The summed E-state index contributed by atoms with van der Waals surface area (Å²) in [5, 5.41) is 0.579. The van der Waals surface area contributed by atoms with Crippen molar-refractivity contribution in [1.82, 2.24) is 15.4 Å². The second-order valence-electron chi connectivity index (χ2n) is 5.90. The predicted octanol–water partition coefficient (Wildman–Crippen LogP) is 2.76. The maximum atomic E-state index is 13.6. The molecule has 0 saturated carbocycles. The van der Waals surface area contributed by atoms with Crippen molar-refractivity contribution in [3.05, 3.63) is 105 Å². The smallest absolute Gasteiger partial charge is 0.272 e. The highest BCUT2D eigenvalue weighted by molar-refractivity contribution is 6.30. The van der Waals surface area contributed by atoms with Gasteiger partial charge < -0.3 is 4.57 Å². The summed E-state index contributed by atoms with van der Waals surface area (Å²) >= 11 is 5.85. The van der Waals surface area contributed by atoms with E-state index in [1.807, 2.05) is 0 Å². The normalized spacial score (nSPS) is 10.4. The van der Waals surface area contributed by atoms with Crippen molar-refractivity contribution in [3.8, 4) is 0 Å². The van der Waals surface area contributed by atoms with Gasteiger partial charge in [-0.1, -0.05) is 35.9 Å². The van der Waals surface area contributed by atoms with Crippen molar-refractivity contribution in [1.29, 1.82) is 0 Å². The van der Waals surface area contributed by atoms with Crippen LogP contribution in [0.15, 0.2) is 71.7 Å². The van der Waals surface area contributed by atoms with Crippen LogP contribution < -0.4 is 16.4 Å². The first-order chi connectivity index (χ1) is 13.4. The van der Waals surface area contributed by atoms with Crippen LogP contribution in [-0.2, 0) is 6.54 Å². The summed E-state index contributed by atoms with van der Waals surface area (Å²) < 4.78 is 15.0. The van der Waals surface area contributed by atoms with Gasteiger partial charge in [-0.2, -0.15) is 0 Å². The largest absolute Gasteiger partial charge is 0.310 e. The number of carbonyl (C=O) groups excluding carboxylic acids is 2. The van der Waals surface area contributed by atoms with Gasteiger partial charge in [-0.25, -0.2) is 4.39 Å². The molecule has 0 unspecified atom stereocenters. The third kappa shape index (κ3) is 4.63. The molecule has 0 radical (unpaired) electrons. The first-order valence-corrected chi connectivity index (χ1v) is 8.62. The van der Waals surface area contributed by atoms with Crippen molar-refractivity contribution in [3.63, 3.8) is 0 Å². The van der Waals surface area contributed by atoms with Crippen LogP contribution in [0.4, 0.5) is 4.39 Å². The SMILES string of the molecule is O=C(NNC(=O)c1ccccc1F)c1ccc(=O)n(Cc2ccc(Cl)cc2)c1. The second-order valence-corrected chi connectivity index (χ2v) is 6.33. The number of nitrogens with one attached hydrogen (secondary N) is 2. The molecule has 2 aromatic carbocycles. The van der Waals surface area contributed by atoms with Gasteiger partial charge in [0.1, 0.15) is 5.82 Å². The van der Waals surface area contributed by atoms with Crippen LogP contribution in [0.25, 0.3) is 0 Å². The lowest BCUT2D eigenvalue weighted by molar-refractivity contribution is 0.0844. The molecule has 2 amide bonds. The summed E-state index contributed by atoms with van der Waals surface area (Å²) in [7, 11) is 0. The molecular weight excluding hydrogens is 385 g/mol. The van der Waals surface area contributed by atoms with E-state index in [4.69, 9.17) is 11.6 Å². The minimum atomic E-state index is -0.791. The number of carbonyl (C=O) groups is 2. The van der Waals surface area contributed by atoms with E-state index in [0.29, 0.717) is 5.02 Å². The van der Waals surface area contributed by atoms with Crippen LogP contribution in [0.3, 0.4) is 0 Å². The highest BCUT2D eigenvalue weighted by atomic mass is 35.5. The van der Waals surface area contributed by atoms with E-state index in [-0.39, 0.29) is 23.2 Å². The van der Waals surface area contributed by atoms with Crippen molar-refractivity contribution >= 4 is 23.4 Å². The van der Waals surface area contributed by atoms with Gasteiger partial charge >= 0.3 is 0 Å². The van der Waals surface area contributed by atoms with E-state index in [1.165, 1.54) is 41.1 Å². The Morgan fingerprint density at radius 2 is 1.61 bits per heavy atom. The van der Waals surface area contributed by atoms with Gasteiger partial charge in [-0.05, 0) is 35.9 Å². The zero-order valence-electron chi connectivity index (χ0n) is 14.5. The molecule has 1 heterocycles. The molecular formula is C20H15ClFN3O3. The average Bonchev–Trinajstić information content (AvgIpc) is 2.69. The molecule has 0 aliphatic heterocycles. The number of hydrogen-bond acceptors (Lipinski definition) is 3. The Hall–Kier alpha value is -3.45. The number of rotatable bonds is 4. The topological polar surface area (TPSA) is 80.2 Å². The number of nitrogens with zero attached hydrogens (tertiary/aromatic N) is 1. The Morgan fingerprint density at radius 3 is 2.32 bits per heavy atom. The molecule has 0 spiro atoms.